The number of rotatable bonds is 3. The van der Waals surface area contributed by atoms with Crippen molar-refractivity contribution in [3.05, 3.63) is 30.4 Å². The van der Waals surface area contributed by atoms with Crippen LogP contribution in [-0.4, -0.2) is 59.4 Å². The third-order valence-corrected chi connectivity index (χ3v) is 4.37. The number of hydrogen-bond acceptors (Lipinski definition) is 7. The van der Waals surface area contributed by atoms with Crippen LogP contribution >= 0.6 is 0 Å². The van der Waals surface area contributed by atoms with Gasteiger partial charge < -0.3 is 19.8 Å². The average molecular weight is 356 g/mol. The van der Waals surface area contributed by atoms with Crippen molar-refractivity contribution in [2.45, 2.75) is 18.8 Å². The number of amides is 1. The molecule has 0 radical (unpaired) electrons. The van der Waals surface area contributed by atoms with E-state index in [0.29, 0.717) is 35.4 Å². The van der Waals surface area contributed by atoms with E-state index in [1.165, 1.54) is 17.3 Å². The lowest BCUT2D eigenvalue weighted by atomic mass is 9.95. The molecular formula is C16H16N6O4. The lowest BCUT2D eigenvalue weighted by Crippen LogP contribution is -2.38. The van der Waals surface area contributed by atoms with Gasteiger partial charge in [0.15, 0.2) is 5.75 Å². The molecular weight excluding hydrogens is 340 g/mol. The summed E-state index contributed by atoms with van der Waals surface area (Å²) in [6, 6.07) is 1.58. The number of likely N-dealkylation sites (tertiary alicyclic amines) is 1. The fourth-order valence-electron chi connectivity index (χ4n) is 3.12. The molecule has 10 nitrogen and oxygen atoms in total. The highest BCUT2D eigenvalue weighted by molar-refractivity contribution is 5.82. The van der Waals surface area contributed by atoms with Crippen LogP contribution in [0.1, 0.15) is 24.5 Å². The second kappa shape index (κ2) is 6.47. The molecule has 3 aromatic rings. The molecule has 26 heavy (non-hydrogen) atoms. The maximum Gasteiger partial charge on any atom is 0.407 e. The average Bonchev–Trinajstić information content (AvgIpc) is 3.10. The van der Waals surface area contributed by atoms with Gasteiger partial charge in [0.1, 0.15) is 5.69 Å². The molecule has 1 amide bonds. The Labute approximate surface area is 147 Å². The summed E-state index contributed by atoms with van der Waals surface area (Å²) in [6.07, 6.45) is 5.22. The summed E-state index contributed by atoms with van der Waals surface area (Å²) in [4.78, 5) is 24.8. The van der Waals surface area contributed by atoms with E-state index in [1.807, 2.05) is 0 Å². The second-order valence-corrected chi connectivity index (χ2v) is 6.03. The largest absolute Gasteiger partial charge is 0.493 e. The molecule has 0 aliphatic carbocycles. The Morgan fingerprint density at radius 2 is 2.27 bits per heavy atom. The zero-order chi connectivity index (χ0) is 18.1. The number of piperidine rings is 1. The lowest BCUT2D eigenvalue weighted by Gasteiger charge is -2.29. The summed E-state index contributed by atoms with van der Waals surface area (Å²) >= 11 is 0. The van der Waals surface area contributed by atoms with Gasteiger partial charge in [0.25, 0.3) is 0 Å². The van der Waals surface area contributed by atoms with Crippen molar-refractivity contribution in [2.24, 2.45) is 0 Å². The van der Waals surface area contributed by atoms with Gasteiger partial charge >= 0.3 is 12.1 Å². The molecule has 10 heteroatoms. The van der Waals surface area contributed by atoms with E-state index in [9.17, 15) is 15.0 Å². The number of H-pyrrole nitrogens is 1. The zero-order valence-corrected chi connectivity index (χ0v) is 13.7. The van der Waals surface area contributed by atoms with Gasteiger partial charge in [-0.15, -0.1) is 0 Å². The van der Waals surface area contributed by atoms with E-state index in [-0.39, 0.29) is 17.8 Å². The van der Waals surface area contributed by atoms with Crippen molar-refractivity contribution >= 4 is 17.0 Å². The summed E-state index contributed by atoms with van der Waals surface area (Å²) in [5, 5.41) is 26.7. The summed E-state index contributed by atoms with van der Waals surface area (Å²) in [5.74, 6) is 0.119. The quantitative estimate of drug-likeness (QED) is 0.649. The van der Waals surface area contributed by atoms with E-state index in [2.05, 4.69) is 25.1 Å². The molecule has 0 aromatic carbocycles. The van der Waals surface area contributed by atoms with Gasteiger partial charge in [-0.1, -0.05) is 0 Å². The van der Waals surface area contributed by atoms with Crippen molar-refractivity contribution in [1.29, 1.82) is 0 Å². The molecule has 1 saturated heterocycles. The zero-order valence-electron chi connectivity index (χ0n) is 13.7. The number of pyridine rings is 1. The van der Waals surface area contributed by atoms with Crippen LogP contribution in [0.15, 0.2) is 24.7 Å². The van der Waals surface area contributed by atoms with Gasteiger partial charge in [-0.25, -0.2) is 4.79 Å². The van der Waals surface area contributed by atoms with Crippen molar-refractivity contribution in [3.8, 4) is 17.6 Å². The van der Waals surface area contributed by atoms with Crippen LogP contribution in [0.3, 0.4) is 0 Å². The number of fused-ring (bicyclic) bond motifs is 1. The van der Waals surface area contributed by atoms with E-state index >= 15 is 0 Å². The van der Waals surface area contributed by atoms with Crippen molar-refractivity contribution in [3.63, 3.8) is 0 Å². The van der Waals surface area contributed by atoms with Gasteiger partial charge in [-0.05, 0) is 18.9 Å². The summed E-state index contributed by atoms with van der Waals surface area (Å²) < 4.78 is 5.72. The molecule has 1 fully saturated rings. The number of aromatic hydroxyl groups is 1. The maximum absolute atomic E-state index is 11.2. The Morgan fingerprint density at radius 3 is 3.12 bits per heavy atom. The number of aromatic amines is 1. The first-order valence-corrected chi connectivity index (χ1v) is 8.12. The van der Waals surface area contributed by atoms with E-state index in [0.717, 1.165) is 12.8 Å². The Balaban J connectivity index is 1.61. The molecule has 1 atom stereocenters. The molecule has 1 aliphatic rings. The Morgan fingerprint density at radius 1 is 1.38 bits per heavy atom. The van der Waals surface area contributed by atoms with Crippen molar-refractivity contribution in [2.75, 3.05) is 13.1 Å². The Hall–Kier alpha value is -3.43. The number of aromatic nitrogens is 5. The van der Waals surface area contributed by atoms with Crippen LogP contribution in [0.4, 0.5) is 4.79 Å². The first-order chi connectivity index (χ1) is 12.6. The second-order valence-electron chi connectivity index (χ2n) is 6.03. The predicted octanol–water partition coefficient (Wildman–Crippen LogP) is 2.10. The van der Waals surface area contributed by atoms with Crippen LogP contribution in [-0.2, 0) is 0 Å². The Bertz CT molecular complexity index is 959. The van der Waals surface area contributed by atoms with Crippen LogP contribution in [0.25, 0.3) is 10.9 Å². The van der Waals surface area contributed by atoms with Crippen LogP contribution in [0.2, 0.25) is 0 Å². The standard InChI is InChI=1S/C16H16N6O4/c23-14-10-3-4-17-6-11(10)19-15(20-14)26-12-7-18-21-13(12)9-2-1-5-22(8-9)16(24)25/h3-4,6-7,9H,1-2,5,8H2,(H,18,21)(H,24,25)(H,19,20,23)/t9-/m0/s1. The molecule has 0 unspecified atom stereocenters. The minimum atomic E-state index is -0.942. The van der Waals surface area contributed by atoms with Gasteiger partial charge in [-0.2, -0.15) is 15.1 Å². The highest BCUT2D eigenvalue weighted by atomic mass is 16.5. The van der Waals surface area contributed by atoms with Gasteiger partial charge in [-0.3, -0.25) is 10.1 Å². The third kappa shape index (κ3) is 2.96. The molecule has 4 rings (SSSR count). The highest BCUT2D eigenvalue weighted by Gasteiger charge is 2.28. The minimum Gasteiger partial charge on any atom is -0.493 e. The molecule has 4 heterocycles. The lowest BCUT2D eigenvalue weighted by molar-refractivity contribution is 0.129. The van der Waals surface area contributed by atoms with Crippen LogP contribution < -0.4 is 4.74 Å². The number of nitrogens with zero attached hydrogens (tertiary/aromatic N) is 5. The number of hydrogen-bond donors (Lipinski definition) is 3. The third-order valence-electron chi connectivity index (χ3n) is 4.37. The number of nitrogens with one attached hydrogen (secondary N) is 1. The summed E-state index contributed by atoms with van der Waals surface area (Å²) in [6.45, 7) is 0.866. The summed E-state index contributed by atoms with van der Waals surface area (Å²) in [7, 11) is 0. The number of carboxylic acid groups (broad SMARTS) is 1. The number of carbonyl (C=O) groups is 1. The molecule has 0 bridgehead atoms. The molecule has 1 aliphatic heterocycles. The maximum atomic E-state index is 11.2. The van der Waals surface area contributed by atoms with Gasteiger partial charge in [0.2, 0.25) is 5.88 Å². The molecule has 0 spiro atoms. The van der Waals surface area contributed by atoms with Gasteiger partial charge in [0.05, 0.1) is 23.3 Å². The van der Waals surface area contributed by atoms with Crippen LogP contribution in [0, 0.1) is 0 Å². The van der Waals surface area contributed by atoms with Gasteiger partial charge in [0, 0.05) is 25.2 Å². The van der Waals surface area contributed by atoms with E-state index in [4.69, 9.17) is 4.74 Å². The first-order valence-electron chi connectivity index (χ1n) is 8.12. The normalized spacial score (nSPS) is 17.4. The topological polar surface area (TPSA) is 137 Å². The molecule has 0 saturated carbocycles. The first kappa shape index (κ1) is 16.1. The molecule has 3 aromatic heterocycles. The van der Waals surface area contributed by atoms with E-state index in [1.54, 1.807) is 12.3 Å². The minimum absolute atomic E-state index is 0.0310. The molecule has 134 valence electrons. The fraction of sp³-hybridized carbons (Fsp3) is 0.312. The predicted molar refractivity (Wildman–Crippen MR) is 89.2 cm³/mol. The van der Waals surface area contributed by atoms with E-state index < -0.39 is 6.09 Å². The summed E-state index contributed by atoms with van der Waals surface area (Å²) in [5.41, 5.74) is 1.07. The smallest absolute Gasteiger partial charge is 0.407 e. The SMILES string of the molecule is O=C(O)N1CCC[C@H](c2n[nH]cc2Oc2nc(O)c3ccncc3n2)C1. The fourth-order valence-corrected chi connectivity index (χ4v) is 3.12. The van der Waals surface area contributed by atoms with Crippen LogP contribution in [0.5, 0.6) is 17.6 Å². The number of ether oxygens (including phenoxy) is 1. The monoisotopic (exact) mass is 356 g/mol. The van der Waals surface area contributed by atoms with Crippen molar-refractivity contribution < 1.29 is 19.7 Å². The Kier molecular flexibility index (Phi) is 3.99. The van der Waals surface area contributed by atoms with Crippen molar-refractivity contribution in [1.82, 2.24) is 30.0 Å². The molecule has 3 N–H and O–H groups in total. The highest BCUT2D eigenvalue weighted by Crippen LogP contribution is 2.34.